The normalized spacial score (nSPS) is 17.4. The Bertz CT molecular complexity index is 676. The summed E-state index contributed by atoms with van der Waals surface area (Å²) >= 11 is 0. The number of amides is 2. The van der Waals surface area contributed by atoms with E-state index in [0.717, 1.165) is 24.6 Å². The molecule has 0 unspecified atom stereocenters. The number of carbonyl (C=O) groups excluding carboxylic acids is 2. The predicted octanol–water partition coefficient (Wildman–Crippen LogP) is 1.22. The van der Waals surface area contributed by atoms with Gasteiger partial charge in [0.15, 0.2) is 0 Å². The number of piperazine rings is 1. The molecule has 1 fully saturated rings. The second-order valence-electron chi connectivity index (χ2n) is 6.05. The molecule has 0 spiro atoms. The summed E-state index contributed by atoms with van der Waals surface area (Å²) in [5.41, 5.74) is 0.675. The van der Waals surface area contributed by atoms with Gasteiger partial charge in [-0.15, -0.1) is 0 Å². The maximum absolute atomic E-state index is 12.2. The number of carbonyl (C=O) groups is 2. The lowest BCUT2D eigenvalue weighted by Crippen LogP contribution is -2.49. The van der Waals surface area contributed by atoms with Crippen LogP contribution in [-0.4, -0.2) is 49.4 Å². The highest BCUT2D eigenvalue weighted by Crippen LogP contribution is 2.22. The number of rotatable bonds is 5. The SMILES string of the molecule is O=C(NCC(=O)N1CCNCC1)C1=CC=C(Oc2ccccc2)CC1. The molecule has 25 heavy (non-hydrogen) atoms. The van der Waals surface area contributed by atoms with Crippen molar-refractivity contribution in [2.75, 3.05) is 32.7 Å². The van der Waals surface area contributed by atoms with E-state index in [9.17, 15) is 9.59 Å². The van der Waals surface area contributed by atoms with Gasteiger partial charge >= 0.3 is 0 Å². The Labute approximate surface area is 147 Å². The standard InChI is InChI=1S/C19H23N3O3/c23-18(22-12-10-20-11-13-22)14-21-19(24)15-6-8-17(9-7-15)25-16-4-2-1-3-5-16/h1-6,8,20H,7,9-14H2,(H,21,24). The van der Waals surface area contributed by atoms with E-state index in [1.54, 1.807) is 11.0 Å². The zero-order valence-electron chi connectivity index (χ0n) is 14.2. The van der Waals surface area contributed by atoms with E-state index in [2.05, 4.69) is 10.6 Å². The zero-order valence-corrected chi connectivity index (χ0v) is 14.2. The fraction of sp³-hybridized carbons (Fsp3) is 0.368. The van der Waals surface area contributed by atoms with E-state index in [-0.39, 0.29) is 18.4 Å². The predicted molar refractivity (Wildman–Crippen MR) is 94.9 cm³/mol. The van der Waals surface area contributed by atoms with Crippen molar-refractivity contribution in [1.82, 2.24) is 15.5 Å². The van der Waals surface area contributed by atoms with Gasteiger partial charge in [0, 0.05) is 38.2 Å². The number of nitrogens with zero attached hydrogens (tertiary/aromatic N) is 1. The molecule has 132 valence electrons. The van der Waals surface area contributed by atoms with Crippen LogP contribution in [0.5, 0.6) is 5.75 Å². The highest BCUT2D eigenvalue weighted by atomic mass is 16.5. The number of hydrogen-bond acceptors (Lipinski definition) is 4. The molecule has 1 heterocycles. The fourth-order valence-electron chi connectivity index (χ4n) is 2.83. The van der Waals surface area contributed by atoms with Gasteiger partial charge in [0.25, 0.3) is 0 Å². The van der Waals surface area contributed by atoms with Crippen molar-refractivity contribution in [3.63, 3.8) is 0 Å². The molecule has 6 nitrogen and oxygen atoms in total. The van der Waals surface area contributed by atoms with Crippen LogP contribution in [0.3, 0.4) is 0 Å². The minimum atomic E-state index is -0.182. The summed E-state index contributed by atoms with van der Waals surface area (Å²) in [6.07, 6.45) is 4.86. The summed E-state index contributed by atoms with van der Waals surface area (Å²) in [5, 5.41) is 5.92. The summed E-state index contributed by atoms with van der Waals surface area (Å²) in [4.78, 5) is 26.1. The highest BCUT2D eigenvalue weighted by Gasteiger charge is 2.19. The number of allylic oxidation sites excluding steroid dienone is 3. The van der Waals surface area contributed by atoms with Crippen molar-refractivity contribution in [2.24, 2.45) is 0 Å². The van der Waals surface area contributed by atoms with Gasteiger partial charge in [-0.2, -0.15) is 0 Å². The van der Waals surface area contributed by atoms with Crippen molar-refractivity contribution < 1.29 is 14.3 Å². The summed E-state index contributed by atoms with van der Waals surface area (Å²) in [7, 11) is 0. The Hall–Kier alpha value is -2.60. The van der Waals surface area contributed by atoms with Crippen molar-refractivity contribution in [2.45, 2.75) is 12.8 Å². The number of para-hydroxylation sites is 1. The lowest BCUT2D eigenvalue weighted by atomic mass is 10.0. The molecule has 1 aliphatic heterocycles. The lowest BCUT2D eigenvalue weighted by molar-refractivity contribution is -0.132. The Morgan fingerprint density at radius 2 is 1.84 bits per heavy atom. The maximum Gasteiger partial charge on any atom is 0.247 e. The van der Waals surface area contributed by atoms with Crippen LogP contribution in [0.25, 0.3) is 0 Å². The average molecular weight is 341 g/mol. The lowest BCUT2D eigenvalue weighted by Gasteiger charge is -2.27. The number of hydrogen-bond donors (Lipinski definition) is 2. The quantitative estimate of drug-likeness (QED) is 0.845. The monoisotopic (exact) mass is 341 g/mol. The van der Waals surface area contributed by atoms with Gasteiger partial charge in [-0.25, -0.2) is 0 Å². The van der Waals surface area contributed by atoms with Crippen LogP contribution in [0.2, 0.25) is 0 Å². The number of nitrogens with one attached hydrogen (secondary N) is 2. The third-order valence-electron chi connectivity index (χ3n) is 4.26. The van der Waals surface area contributed by atoms with Crippen LogP contribution in [0.15, 0.2) is 53.8 Å². The van der Waals surface area contributed by atoms with Crippen LogP contribution < -0.4 is 15.4 Å². The molecule has 6 heteroatoms. The molecular weight excluding hydrogens is 318 g/mol. The molecule has 2 aliphatic rings. The van der Waals surface area contributed by atoms with E-state index in [4.69, 9.17) is 4.74 Å². The molecule has 1 aromatic carbocycles. The van der Waals surface area contributed by atoms with Crippen LogP contribution >= 0.6 is 0 Å². The van der Waals surface area contributed by atoms with Gasteiger partial charge < -0.3 is 20.3 Å². The molecule has 1 aliphatic carbocycles. The van der Waals surface area contributed by atoms with Crippen molar-refractivity contribution in [3.05, 3.63) is 53.8 Å². The van der Waals surface area contributed by atoms with Crippen molar-refractivity contribution in [1.29, 1.82) is 0 Å². The van der Waals surface area contributed by atoms with Gasteiger partial charge in [-0.3, -0.25) is 9.59 Å². The summed E-state index contributed by atoms with van der Waals surface area (Å²) < 4.78 is 5.78. The van der Waals surface area contributed by atoms with Crippen LogP contribution in [0, 0.1) is 0 Å². The first-order valence-corrected chi connectivity index (χ1v) is 8.62. The second-order valence-corrected chi connectivity index (χ2v) is 6.05. The van der Waals surface area contributed by atoms with E-state index in [1.807, 2.05) is 36.4 Å². The third-order valence-corrected chi connectivity index (χ3v) is 4.26. The largest absolute Gasteiger partial charge is 0.462 e. The van der Waals surface area contributed by atoms with Crippen LogP contribution in [0.1, 0.15) is 12.8 Å². The van der Waals surface area contributed by atoms with Gasteiger partial charge in [0.1, 0.15) is 11.5 Å². The van der Waals surface area contributed by atoms with Crippen LogP contribution in [0.4, 0.5) is 0 Å². The van der Waals surface area contributed by atoms with Crippen molar-refractivity contribution in [3.8, 4) is 5.75 Å². The van der Waals surface area contributed by atoms with E-state index in [0.29, 0.717) is 31.5 Å². The molecule has 2 amide bonds. The van der Waals surface area contributed by atoms with Crippen molar-refractivity contribution >= 4 is 11.8 Å². The van der Waals surface area contributed by atoms with E-state index >= 15 is 0 Å². The maximum atomic E-state index is 12.2. The molecule has 1 saturated heterocycles. The van der Waals surface area contributed by atoms with Gasteiger partial charge in [-0.05, 0) is 24.6 Å². The van der Waals surface area contributed by atoms with E-state index in [1.165, 1.54) is 0 Å². The Morgan fingerprint density at radius 3 is 2.52 bits per heavy atom. The van der Waals surface area contributed by atoms with Crippen LogP contribution in [-0.2, 0) is 9.59 Å². The summed E-state index contributed by atoms with van der Waals surface area (Å²) in [5.74, 6) is 1.41. The minimum absolute atomic E-state index is 0.0325. The number of ether oxygens (including phenoxy) is 1. The first-order valence-electron chi connectivity index (χ1n) is 8.62. The smallest absolute Gasteiger partial charge is 0.247 e. The topological polar surface area (TPSA) is 70.7 Å². The molecular formula is C19H23N3O3. The summed E-state index contributed by atoms with van der Waals surface area (Å²) in [6.45, 7) is 3.05. The average Bonchev–Trinajstić information content (AvgIpc) is 2.68. The Balaban J connectivity index is 1.48. The molecule has 0 radical (unpaired) electrons. The number of benzene rings is 1. The van der Waals surface area contributed by atoms with Gasteiger partial charge in [-0.1, -0.05) is 24.3 Å². The molecule has 1 aromatic rings. The zero-order chi connectivity index (χ0) is 17.5. The molecule has 0 aromatic heterocycles. The third kappa shape index (κ3) is 4.93. The Morgan fingerprint density at radius 1 is 1.08 bits per heavy atom. The first-order chi connectivity index (χ1) is 12.2. The highest BCUT2D eigenvalue weighted by molar-refractivity contribution is 5.96. The molecule has 3 rings (SSSR count). The fourth-order valence-corrected chi connectivity index (χ4v) is 2.83. The van der Waals surface area contributed by atoms with Gasteiger partial charge in [0.2, 0.25) is 11.8 Å². The minimum Gasteiger partial charge on any atom is -0.462 e. The first kappa shape index (κ1) is 17.2. The molecule has 0 saturated carbocycles. The molecule has 0 atom stereocenters. The molecule has 2 N–H and O–H groups in total. The van der Waals surface area contributed by atoms with Gasteiger partial charge in [0.05, 0.1) is 6.54 Å². The second kappa shape index (κ2) is 8.48. The molecule has 0 bridgehead atoms. The van der Waals surface area contributed by atoms with E-state index < -0.39 is 0 Å². The summed E-state index contributed by atoms with van der Waals surface area (Å²) in [6, 6.07) is 9.57. The Kier molecular flexibility index (Phi) is 5.85.